The van der Waals surface area contributed by atoms with E-state index >= 15 is 0 Å². The first-order valence-electron chi connectivity index (χ1n) is 12.2. The van der Waals surface area contributed by atoms with E-state index < -0.39 is 9.84 Å². The second kappa shape index (κ2) is 10.6. The lowest BCUT2D eigenvalue weighted by atomic mass is 9.90. The Kier molecular flexibility index (Phi) is 7.51. The van der Waals surface area contributed by atoms with Gasteiger partial charge in [0.15, 0.2) is 9.84 Å². The lowest BCUT2D eigenvalue weighted by Crippen LogP contribution is -2.21. The summed E-state index contributed by atoms with van der Waals surface area (Å²) in [6, 6.07) is 30.6. The minimum absolute atomic E-state index is 0.351. The van der Waals surface area contributed by atoms with Crippen molar-refractivity contribution in [3.63, 3.8) is 0 Å². The fraction of sp³-hybridized carbons (Fsp3) is 0.226. The molecule has 0 saturated carbocycles. The molecule has 0 atom stereocenters. The Bertz CT molecular complexity index is 1430. The smallest absolute Gasteiger partial charge is 0.176 e. The highest BCUT2D eigenvalue weighted by atomic mass is 32.2. The molecule has 4 nitrogen and oxygen atoms in total. The number of anilines is 2. The van der Waals surface area contributed by atoms with Crippen molar-refractivity contribution in [1.82, 2.24) is 0 Å². The van der Waals surface area contributed by atoms with Crippen molar-refractivity contribution in [2.75, 3.05) is 36.7 Å². The van der Waals surface area contributed by atoms with Crippen LogP contribution < -0.4 is 9.80 Å². The summed E-state index contributed by atoms with van der Waals surface area (Å²) < 4.78 is 25.8. The van der Waals surface area contributed by atoms with Crippen LogP contribution in [-0.2, 0) is 16.4 Å². The average molecular weight is 499 g/mol. The van der Waals surface area contributed by atoms with Crippen LogP contribution in [0.3, 0.4) is 0 Å². The van der Waals surface area contributed by atoms with Gasteiger partial charge in [-0.3, -0.25) is 0 Å². The average Bonchev–Trinajstić information content (AvgIpc) is 2.87. The quantitative estimate of drug-likeness (QED) is 0.267. The summed E-state index contributed by atoms with van der Waals surface area (Å²) in [4.78, 5) is 4.72. The molecule has 0 unspecified atom stereocenters. The van der Waals surface area contributed by atoms with E-state index in [0.29, 0.717) is 4.90 Å². The van der Waals surface area contributed by atoms with Gasteiger partial charge < -0.3 is 9.80 Å². The first kappa shape index (κ1) is 25.5. The molecule has 0 heterocycles. The third-order valence-electron chi connectivity index (χ3n) is 6.57. The maximum Gasteiger partial charge on any atom is 0.176 e. The van der Waals surface area contributed by atoms with E-state index in [1.807, 2.05) is 45.3 Å². The van der Waals surface area contributed by atoms with Gasteiger partial charge in [0.25, 0.3) is 0 Å². The molecule has 0 aromatic heterocycles. The number of hydrogen-bond donors (Lipinski definition) is 0. The predicted molar refractivity (Wildman–Crippen MR) is 153 cm³/mol. The van der Waals surface area contributed by atoms with Crippen LogP contribution in [-0.4, -0.2) is 35.3 Å². The Balaban J connectivity index is 1.81. The number of aryl methyl sites for hydroxylation is 1. The van der Waals surface area contributed by atoms with Crippen LogP contribution in [0, 0.1) is 6.92 Å². The predicted octanol–water partition coefficient (Wildman–Crippen LogP) is 6.83. The van der Waals surface area contributed by atoms with Gasteiger partial charge in [-0.25, -0.2) is 8.42 Å². The highest BCUT2D eigenvalue weighted by Gasteiger charge is 2.21. The zero-order valence-electron chi connectivity index (χ0n) is 21.7. The van der Waals surface area contributed by atoms with E-state index in [4.69, 9.17) is 0 Å². The van der Waals surface area contributed by atoms with Crippen LogP contribution in [0.4, 0.5) is 11.4 Å². The van der Waals surface area contributed by atoms with Gasteiger partial charge in [0.1, 0.15) is 0 Å². The van der Waals surface area contributed by atoms with Crippen LogP contribution in [0.2, 0.25) is 0 Å². The Morgan fingerprint density at radius 3 is 1.78 bits per heavy atom. The fourth-order valence-corrected chi connectivity index (χ4v) is 5.52. The largest absolute Gasteiger partial charge is 0.378 e. The van der Waals surface area contributed by atoms with E-state index in [1.54, 1.807) is 6.07 Å². The Hall–Kier alpha value is -3.57. The molecule has 0 radical (unpaired) electrons. The second-order valence-electron chi connectivity index (χ2n) is 9.39. The molecule has 4 rings (SSSR count). The molecule has 186 valence electrons. The summed E-state index contributed by atoms with van der Waals surface area (Å²) in [5.74, 6) is 0. The monoisotopic (exact) mass is 498 g/mol. The maximum absolute atomic E-state index is 12.9. The molecular weight excluding hydrogens is 464 g/mol. The zero-order valence-corrected chi connectivity index (χ0v) is 22.5. The maximum atomic E-state index is 12.9. The molecule has 0 bridgehead atoms. The molecule has 0 N–H and O–H groups in total. The standard InChI is InChI=1S/C31H34N2O2S/c1-6-33(22-24-10-8-7-9-11-24)28-19-15-26(16-20-28)31-29(36(5,34)35)21-12-23(2)30(31)25-13-17-27(18-14-25)32(3)4/h7-21H,6,22H2,1-5H3. The van der Waals surface area contributed by atoms with E-state index in [9.17, 15) is 8.42 Å². The number of nitrogens with zero attached hydrogens (tertiary/aromatic N) is 2. The Labute approximate surface area is 215 Å². The summed E-state index contributed by atoms with van der Waals surface area (Å²) in [7, 11) is 0.577. The fourth-order valence-electron chi connectivity index (χ4n) is 4.61. The minimum atomic E-state index is -3.44. The van der Waals surface area contributed by atoms with Gasteiger partial charge in [0, 0.05) is 50.4 Å². The summed E-state index contributed by atoms with van der Waals surface area (Å²) in [6.45, 7) is 5.88. The van der Waals surface area contributed by atoms with Crippen LogP contribution in [0.5, 0.6) is 0 Å². The second-order valence-corrected chi connectivity index (χ2v) is 11.4. The van der Waals surface area contributed by atoms with Gasteiger partial charge in [0.2, 0.25) is 0 Å². The van der Waals surface area contributed by atoms with Gasteiger partial charge in [-0.05, 0) is 72.0 Å². The van der Waals surface area contributed by atoms with Crippen LogP contribution in [0.15, 0.2) is 95.9 Å². The van der Waals surface area contributed by atoms with Gasteiger partial charge in [-0.15, -0.1) is 0 Å². The molecule has 0 spiro atoms. The summed E-state index contributed by atoms with van der Waals surface area (Å²) >= 11 is 0. The lowest BCUT2D eigenvalue weighted by molar-refractivity contribution is 0.602. The highest BCUT2D eigenvalue weighted by Crippen LogP contribution is 2.40. The molecule has 0 aliphatic heterocycles. The van der Waals surface area contributed by atoms with Crippen molar-refractivity contribution in [1.29, 1.82) is 0 Å². The van der Waals surface area contributed by atoms with Crippen molar-refractivity contribution < 1.29 is 8.42 Å². The van der Waals surface area contributed by atoms with Crippen molar-refractivity contribution in [2.45, 2.75) is 25.3 Å². The van der Waals surface area contributed by atoms with Gasteiger partial charge in [-0.2, -0.15) is 0 Å². The molecule has 0 aliphatic rings. The first-order valence-corrected chi connectivity index (χ1v) is 14.1. The Morgan fingerprint density at radius 1 is 0.694 bits per heavy atom. The van der Waals surface area contributed by atoms with E-state index in [0.717, 1.165) is 52.3 Å². The van der Waals surface area contributed by atoms with Gasteiger partial charge >= 0.3 is 0 Å². The highest BCUT2D eigenvalue weighted by molar-refractivity contribution is 7.90. The molecule has 5 heteroatoms. The number of rotatable bonds is 8. The Morgan fingerprint density at radius 2 is 1.25 bits per heavy atom. The normalized spacial score (nSPS) is 11.4. The number of sulfone groups is 1. The van der Waals surface area contributed by atoms with E-state index in [-0.39, 0.29) is 0 Å². The lowest BCUT2D eigenvalue weighted by Gasteiger charge is -2.24. The SMILES string of the molecule is CCN(Cc1ccccc1)c1ccc(-c2c(S(C)(=O)=O)ccc(C)c2-c2ccc(N(C)C)cc2)cc1. The van der Waals surface area contributed by atoms with Gasteiger partial charge in [0.05, 0.1) is 4.90 Å². The van der Waals surface area contributed by atoms with Crippen molar-refractivity contribution in [3.8, 4) is 22.3 Å². The first-order chi connectivity index (χ1) is 17.2. The summed E-state index contributed by atoms with van der Waals surface area (Å²) in [6.07, 6.45) is 1.28. The summed E-state index contributed by atoms with van der Waals surface area (Å²) in [5.41, 5.74) is 8.10. The molecule has 0 amide bonds. The number of benzene rings is 4. The molecular formula is C31H34N2O2S. The van der Waals surface area contributed by atoms with Crippen molar-refractivity contribution in [3.05, 3.63) is 102 Å². The number of hydrogen-bond acceptors (Lipinski definition) is 4. The van der Waals surface area contributed by atoms with Crippen molar-refractivity contribution in [2.24, 2.45) is 0 Å². The zero-order chi connectivity index (χ0) is 25.9. The molecule has 4 aromatic carbocycles. The third kappa shape index (κ3) is 5.47. The van der Waals surface area contributed by atoms with E-state index in [1.165, 1.54) is 11.8 Å². The molecule has 4 aromatic rings. The van der Waals surface area contributed by atoms with Crippen molar-refractivity contribution >= 4 is 21.2 Å². The third-order valence-corrected chi connectivity index (χ3v) is 7.71. The van der Waals surface area contributed by atoms with Crippen LogP contribution >= 0.6 is 0 Å². The van der Waals surface area contributed by atoms with Gasteiger partial charge in [-0.1, -0.05) is 60.7 Å². The minimum Gasteiger partial charge on any atom is -0.378 e. The topological polar surface area (TPSA) is 40.6 Å². The molecule has 0 fully saturated rings. The van der Waals surface area contributed by atoms with E-state index in [2.05, 4.69) is 77.4 Å². The molecule has 36 heavy (non-hydrogen) atoms. The van der Waals surface area contributed by atoms with Crippen LogP contribution in [0.1, 0.15) is 18.1 Å². The summed E-state index contributed by atoms with van der Waals surface area (Å²) in [5, 5.41) is 0. The molecule has 0 saturated heterocycles. The molecule has 0 aliphatic carbocycles. The van der Waals surface area contributed by atoms with Crippen LogP contribution in [0.25, 0.3) is 22.3 Å².